The van der Waals surface area contributed by atoms with Gasteiger partial charge in [0, 0.05) is 5.69 Å². The van der Waals surface area contributed by atoms with Crippen LogP contribution in [0.5, 0.6) is 11.6 Å². The standard InChI is InChI=1S/C13H11NO3/c1-9-7-8-11(13(15)16)12(14-9)17-10-5-3-2-4-6-10/h2-8H,1H3,(H,15,16). The molecule has 4 nitrogen and oxygen atoms in total. The van der Waals surface area contributed by atoms with Crippen LogP contribution in [0.1, 0.15) is 16.1 Å². The molecule has 86 valence electrons. The van der Waals surface area contributed by atoms with Gasteiger partial charge in [-0.2, -0.15) is 0 Å². The van der Waals surface area contributed by atoms with Gasteiger partial charge in [-0.3, -0.25) is 0 Å². The third kappa shape index (κ3) is 2.60. The van der Waals surface area contributed by atoms with Crippen molar-refractivity contribution >= 4 is 5.97 Å². The third-order valence-corrected chi connectivity index (χ3v) is 2.19. The summed E-state index contributed by atoms with van der Waals surface area (Å²) in [6.07, 6.45) is 0. The molecule has 0 unspecified atom stereocenters. The number of rotatable bonds is 3. The number of ether oxygens (including phenoxy) is 1. The smallest absolute Gasteiger partial charge is 0.341 e. The van der Waals surface area contributed by atoms with Crippen LogP contribution >= 0.6 is 0 Å². The molecule has 0 atom stereocenters. The first-order valence-electron chi connectivity index (χ1n) is 5.10. The lowest BCUT2D eigenvalue weighted by atomic mass is 10.2. The van der Waals surface area contributed by atoms with Crippen molar-refractivity contribution in [1.82, 2.24) is 4.98 Å². The van der Waals surface area contributed by atoms with E-state index in [0.717, 1.165) is 0 Å². The van der Waals surface area contributed by atoms with E-state index in [-0.39, 0.29) is 11.4 Å². The minimum atomic E-state index is -1.05. The second-order valence-electron chi connectivity index (χ2n) is 3.53. The van der Waals surface area contributed by atoms with Crippen LogP contribution in [0.15, 0.2) is 42.5 Å². The highest BCUT2D eigenvalue weighted by molar-refractivity contribution is 5.90. The molecular formula is C13H11NO3. The second-order valence-corrected chi connectivity index (χ2v) is 3.53. The molecule has 0 saturated heterocycles. The van der Waals surface area contributed by atoms with Crippen LogP contribution < -0.4 is 4.74 Å². The SMILES string of the molecule is Cc1ccc(C(=O)O)c(Oc2ccccc2)n1. The molecular weight excluding hydrogens is 218 g/mol. The van der Waals surface area contributed by atoms with Crippen molar-refractivity contribution in [1.29, 1.82) is 0 Å². The van der Waals surface area contributed by atoms with E-state index in [2.05, 4.69) is 4.98 Å². The molecule has 0 aliphatic carbocycles. The Balaban J connectivity index is 2.37. The summed E-state index contributed by atoms with van der Waals surface area (Å²) in [5, 5.41) is 9.01. The summed E-state index contributed by atoms with van der Waals surface area (Å²) < 4.78 is 5.46. The lowest BCUT2D eigenvalue weighted by Gasteiger charge is -2.07. The maximum absolute atomic E-state index is 11.0. The van der Waals surface area contributed by atoms with Gasteiger partial charge in [0.1, 0.15) is 11.3 Å². The van der Waals surface area contributed by atoms with Crippen molar-refractivity contribution in [3.63, 3.8) is 0 Å². The van der Waals surface area contributed by atoms with Gasteiger partial charge in [0.2, 0.25) is 5.88 Å². The summed E-state index contributed by atoms with van der Waals surface area (Å²) >= 11 is 0. The van der Waals surface area contributed by atoms with Crippen LogP contribution in [0.3, 0.4) is 0 Å². The number of para-hydroxylation sites is 1. The Morgan fingerprint density at radius 1 is 1.18 bits per heavy atom. The highest BCUT2D eigenvalue weighted by Gasteiger charge is 2.13. The summed E-state index contributed by atoms with van der Waals surface area (Å²) in [6, 6.07) is 12.1. The Kier molecular flexibility index (Phi) is 3.05. The summed E-state index contributed by atoms with van der Waals surface area (Å²) in [5.41, 5.74) is 0.764. The zero-order valence-electron chi connectivity index (χ0n) is 9.25. The number of carboxylic acids is 1. The van der Waals surface area contributed by atoms with Gasteiger partial charge in [0.15, 0.2) is 0 Å². The van der Waals surface area contributed by atoms with Crippen molar-refractivity contribution in [2.75, 3.05) is 0 Å². The number of hydrogen-bond acceptors (Lipinski definition) is 3. The zero-order valence-corrected chi connectivity index (χ0v) is 9.25. The fourth-order valence-corrected chi connectivity index (χ4v) is 1.37. The maximum atomic E-state index is 11.0. The maximum Gasteiger partial charge on any atom is 0.341 e. The molecule has 1 aromatic heterocycles. The van der Waals surface area contributed by atoms with E-state index in [0.29, 0.717) is 11.4 Å². The Morgan fingerprint density at radius 3 is 2.53 bits per heavy atom. The molecule has 0 aliphatic rings. The molecule has 2 rings (SSSR count). The summed E-state index contributed by atoms with van der Waals surface area (Å²) in [7, 11) is 0. The molecule has 0 amide bonds. The van der Waals surface area contributed by atoms with Crippen molar-refractivity contribution < 1.29 is 14.6 Å². The number of carbonyl (C=O) groups is 1. The zero-order chi connectivity index (χ0) is 12.3. The van der Waals surface area contributed by atoms with E-state index >= 15 is 0 Å². The van der Waals surface area contributed by atoms with Crippen LogP contribution in [0.25, 0.3) is 0 Å². The topological polar surface area (TPSA) is 59.4 Å². The van der Waals surface area contributed by atoms with Gasteiger partial charge >= 0.3 is 5.97 Å². The molecule has 0 aliphatic heterocycles. The van der Waals surface area contributed by atoms with Crippen LogP contribution in [-0.4, -0.2) is 16.1 Å². The van der Waals surface area contributed by atoms with E-state index in [1.165, 1.54) is 6.07 Å². The first-order chi connectivity index (χ1) is 8.16. The number of carboxylic acid groups (broad SMARTS) is 1. The number of aryl methyl sites for hydroxylation is 1. The minimum absolute atomic E-state index is 0.0550. The molecule has 1 heterocycles. The van der Waals surface area contributed by atoms with Crippen molar-refractivity contribution in [3.05, 3.63) is 53.7 Å². The normalized spacial score (nSPS) is 9.94. The Labute approximate surface area is 98.5 Å². The summed E-state index contributed by atoms with van der Waals surface area (Å²) in [5.74, 6) is -0.375. The molecule has 0 bridgehead atoms. The lowest BCUT2D eigenvalue weighted by molar-refractivity contribution is 0.0693. The first kappa shape index (κ1) is 11.1. The highest BCUT2D eigenvalue weighted by Crippen LogP contribution is 2.23. The minimum Gasteiger partial charge on any atom is -0.477 e. The molecule has 0 spiro atoms. The van der Waals surface area contributed by atoms with Gasteiger partial charge in [0.25, 0.3) is 0 Å². The predicted octanol–water partition coefficient (Wildman–Crippen LogP) is 2.88. The van der Waals surface area contributed by atoms with Crippen LogP contribution in [0, 0.1) is 6.92 Å². The number of aromatic carboxylic acids is 1. The van der Waals surface area contributed by atoms with Gasteiger partial charge < -0.3 is 9.84 Å². The van der Waals surface area contributed by atoms with Gasteiger partial charge in [-0.1, -0.05) is 18.2 Å². The predicted molar refractivity (Wildman–Crippen MR) is 62.4 cm³/mol. The molecule has 1 aromatic carbocycles. The monoisotopic (exact) mass is 229 g/mol. The Bertz CT molecular complexity index is 538. The van der Waals surface area contributed by atoms with Gasteiger partial charge in [0.05, 0.1) is 0 Å². The van der Waals surface area contributed by atoms with Gasteiger partial charge in [-0.15, -0.1) is 0 Å². The Morgan fingerprint density at radius 2 is 1.88 bits per heavy atom. The Hall–Kier alpha value is -2.36. The second kappa shape index (κ2) is 4.65. The van der Waals surface area contributed by atoms with Gasteiger partial charge in [-0.25, -0.2) is 9.78 Å². The average molecular weight is 229 g/mol. The molecule has 2 aromatic rings. The summed E-state index contributed by atoms with van der Waals surface area (Å²) in [6.45, 7) is 1.78. The van der Waals surface area contributed by atoms with Crippen LogP contribution in [0.4, 0.5) is 0 Å². The molecule has 0 radical (unpaired) electrons. The van der Waals surface area contributed by atoms with E-state index in [1.807, 2.05) is 18.2 Å². The quantitative estimate of drug-likeness (QED) is 0.879. The summed E-state index contributed by atoms with van der Waals surface area (Å²) in [4.78, 5) is 15.1. The highest BCUT2D eigenvalue weighted by atomic mass is 16.5. The van der Waals surface area contributed by atoms with Crippen molar-refractivity contribution in [2.24, 2.45) is 0 Å². The van der Waals surface area contributed by atoms with Crippen molar-refractivity contribution in [2.45, 2.75) is 6.92 Å². The van der Waals surface area contributed by atoms with E-state index < -0.39 is 5.97 Å². The van der Waals surface area contributed by atoms with Crippen molar-refractivity contribution in [3.8, 4) is 11.6 Å². The molecule has 17 heavy (non-hydrogen) atoms. The van der Waals surface area contributed by atoms with E-state index in [9.17, 15) is 4.79 Å². The largest absolute Gasteiger partial charge is 0.477 e. The number of pyridine rings is 1. The fraction of sp³-hybridized carbons (Fsp3) is 0.0769. The first-order valence-corrected chi connectivity index (χ1v) is 5.10. The number of nitrogens with zero attached hydrogens (tertiary/aromatic N) is 1. The molecule has 0 saturated carbocycles. The number of aromatic nitrogens is 1. The molecule has 0 fully saturated rings. The third-order valence-electron chi connectivity index (χ3n) is 2.19. The van der Waals surface area contributed by atoms with Gasteiger partial charge in [-0.05, 0) is 31.2 Å². The lowest BCUT2D eigenvalue weighted by Crippen LogP contribution is -2.02. The number of hydrogen-bond donors (Lipinski definition) is 1. The van der Waals surface area contributed by atoms with E-state index in [1.54, 1.807) is 25.1 Å². The average Bonchev–Trinajstić information content (AvgIpc) is 2.30. The molecule has 4 heteroatoms. The molecule has 1 N–H and O–H groups in total. The van der Waals surface area contributed by atoms with E-state index in [4.69, 9.17) is 9.84 Å². The fourth-order valence-electron chi connectivity index (χ4n) is 1.37. The van der Waals surface area contributed by atoms with Crippen LogP contribution in [-0.2, 0) is 0 Å². The van der Waals surface area contributed by atoms with Crippen LogP contribution in [0.2, 0.25) is 0 Å². The number of benzene rings is 1.